The molecule has 1 aliphatic heterocycles. The summed E-state index contributed by atoms with van der Waals surface area (Å²) in [6.45, 7) is 4.18. The van der Waals surface area contributed by atoms with Crippen molar-refractivity contribution in [3.63, 3.8) is 0 Å². The van der Waals surface area contributed by atoms with Crippen LogP contribution in [0.5, 0.6) is 0 Å². The topological polar surface area (TPSA) is 90.3 Å². The average Bonchev–Trinajstić information content (AvgIpc) is 3.25. The maximum absolute atomic E-state index is 5.55. The quantitative estimate of drug-likeness (QED) is 0.718. The highest BCUT2D eigenvalue weighted by atomic mass is 16.5. The van der Waals surface area contributed by atoms with Crippen molar-refractivity contribution < 1.29 is 13.8 Å². The Bertz CT molecular complexity index is 801. The summed E-state index contributed by atoms with van der Waals surface area (Å²) in [6, 6.07) is 9.64. The molecule has 8 heteroatoms. The molecule has 1 fully saturated rings. The summed E-state index contributed by atoms with van der Waals surface area (Å²) in [7, 11) is 0. The number of benzene rings is 1. The summed E-state index contributed by atoms with van der Waals surface area (Å²) in [5, 5.41) is 7.92. The van der Waals surface area contributed by atoms with Crippen molar-refractivity contribution in [2.45, 2.75) is 19.5 Å². The average molecular weight is 327 g/mol. The van der Waals surface area contributed by atoms with E-state index in [1.807, 2.05) is 30.3 Å². The van der Waals surface area contributed by atoms with Crippen molar-refractivity contribution in [1.29, 1.82) is 0 Å². The molecule has 24 heavy (non-hydrogen) atoms. The predicted octanol–water partition coefficient (Wildman–Crippen LogP) is 2.00. The third-order valence-electron chi connectivity index (χ3n) is 3.91. The van der Waals surface area contributed by atoms with Gasteiger partial charge in [0.25, 0.3) is 0 Å². The number of rotatable bonds is 4. The number of nitrogens with zero attached hydrogens (tertiary/aromatic N) is 5. The molecule has 1 aliphatic rings. The van der Waals surface area contributed by atoms with Gasteiger partial charge in [-0.15, -0.1) is 0 Å². The van der Waals surface area contributed by atoms with Crippen molar-refractivity contribution in [3.8, 4) is 11.4 Å². The summed E-state index contributed by atoms with van der Waals surface area (Å²) < 4.78 is 16.2. The fourth-order valence-electron chi connectivity index (χ4n) is 2.70. The van der Waals surface area contributed by atoms with Crippen LogP contribution in [0.25, 0.3) is 11.4 Å². The summed E-state index contributed by atoms with van der Waals surface area (Å²) in [6.07, 6.45) is 0. The van der Waals surface area contributed by atoms with Gasteiger partial charge in [0.05, 0.1) is 19.8 Å². The van der Waals surface area contributed by atoms with Crippen LogP contribution in [0, 0.1) is 6.92 Å². The molecule has 1 aromatic carbocycles. The van der Waals surface area contributed by atoms with Gasteiger partial charge in [-0.2, -0.15) is 9.97 Å². The van der Waals surface area contributed by atoms with Crippen LogP contribution in [0.1, 0.15) is 23.6 Å². The van der Waals surface area contributed by atoms with E-state index in [1.165, 1.54) is 0 Å². The molecule has 2 aromatic heterocycles. The molecule has 0 saturated carbocycles. The van der Waals surface area contributed by atoms with E-state index >= 15 is 0 Å². The van der Waals surface area contributed by atoms with E-state index < -0.39 is 0 Å². The lowest BCUT2D eigenvalue weighted by molar-refractivity contribution is -0.0279. The Morgan fingerprint density at radius 3 is 2.79 bits per heavy atom. The van der Waals surface area contributed by atoms with Crippen LogP contribution in [0.2, 0.25) is 0 Å². The molecule has 124 valence electrons. The minimum Gasteiger partial charge on any atom is -0.378 e. The molecule has 4 rings (SSSR count). The molecule has 3 aromatic rings. The Labute approximate surface area is 138 Å². The Kier molecular flexibility index (Phi) is 4.06. The highest BCUT2D eigenvalue weighted by molar-refractivity contribution is 5.53. The second kappa shape index (κ2) is 6.50. The number of hydrogen-bond donors (Lipinski definition) is 0. The van der Waals surface area contributed by atoms with Crippen molar-refractivity contribution in [1.82, 2.24) is 25.2 Å². The fourth-order valence-corrected chi connectivity index (χ4v) is 2.70. The summed E-state index contributed by atoms with van der Waals surface area (Å²) in [5.41, 5.74) is 0.929. The van der Waals surface area contributed by atoms with Crippen molar-refractivity contribution in [2.75, 3.05) is 19.8 Å². The first-order chi connectivity index (χ1) is 11.8. The number of morpholine rings is 1. The third-order valence-corrected chi connectivity index (χ3v) is 3.91. The van der Waals surface area contributed by atoms with E-state index in [4.69, 9.17) is 13.8 Å². The first-order valence-corrected chi connectivity index (χ1v) is 7.79. The Hall–Kier alpha value is -2.58. The molecule has 1 atom stereocenters. The van der Waals surface area contributed by atoms with Gasteiger partial charge in [-0.05, 0) is 6.92 Å². The second-order valence-corrected chi connectivity index (χ2v) is 5.62. The molecule has 0 N–H and O–H groups in total. The zero-order chi connectivity index (χ0) is 16.4. The Morgan fingerprint density at radius 2 is 2.00 bits per heavy atom. The van der Waals surface area contributed by atoms with Gasteiger partial charge in [-0.1, -0.05) is 40.6 Å². The van der Waals surface area contributed by atoms with Crippen LogP contribution in [0.4, 0.5) is 0 Å². The smallest absolute Gasteiger partial charge is 0.246 e. The van der Waals surface area contributed by atoms with Crippen LogP contribution in [-0.2, 0) is 11.3 Å². The maximum Gasteiger partial charge on any atom is 0.246 e. The zero-order valence-electron chi connectivity index (χ0n) is 13.3. The van der Waals surface area contributed by atoms with Gasteiger partial charge in [0.15, 0.2) is 5.82 Å². The van der Waals surface area contributed by atoms with E-state index in [1.54, 1.807) is 6.92 Å². The van der Waals surface area contributed by atoms with Gasteiger partial charge < -0.3 is 13.8 Å². The van der Waals surface area contributed by atoms with Gasteiger partial charge in [0, 0.05) is 12.1 Å². The van der Waals surface area contributed by atoms with E-state index in [2.05, 4.69) is 25.2 Å². The molecule has 1 saturated heterocycles. The fraction of sp³-hybridized carbons (Fsp3) is 0.375. The van der Waals surface area contributed by atoms with Crippen LogP contribution in [0.3, 0.4) is 0 Å². The lowest BCUT2D eigenvalue weighted by atomic mass is 10.2. The zero-order valence-corrected chi connectivity index (χ0v) is 13.3. The highest BCUT2D eigenvalue weighted by Gasteiger charge is 2.30. The van der Waals surface area contributed by atoms with Crippen LogP contribution in [-0.4, -0.2) is 44.9 Å². The molecular formula is C16H17N5O3. The standard InChI is InChI=1S/C16H17N5O3/c1-11-17-16(24-19-11)13-10-22-8-7-21(13)9-14-18-15(20-23-14)12-5-3-2-4-6-12/h2-6,13H,7-10H2,1H3. The van der Waals surface area contributed by atoms with Gasteiger partial charge >= 0.3 is 0 Å². The first-order valence-electron chi connectivity index (χ1n) is 7.79. The number of hydrogen-bond acceptors (Lipinski definition) is 8. The second-order valence-electron chi connectivity index (χ2n) is 5.62. The molecule has 3 heterocycles. The third kappa shape index (κ3) is 3.06. The normalized spacial score (nSPS) is 18.8. The molecule has 0 radical (unpaired) electrons. The monoisotopic (exact) mass is 327 g/mol. The van der Waals surface area contributed by atoms with Crippen LogP contribution < -0.4 is 0 Å². The summed E-state index contributed by atoms with van der Waals surface area (Å²) in [4.78, 5) is 10.9. The van der Waals surface area contributed by atoms with Gasteiger partial charge in [-0.25, -0.2) is 0 Å². The van der Waals surface area contributed by atoms with Crippen molar-refractivity contribution in [2.24, 2.45) is 0 Å². The molecule has 0 amide bonds. The van der Waals surface area contributed by atoms with Gasteiger partial charge in [0.1, 0.15) is 6.04 Å². The lowest BCUT2D eigenvalue weighted by Gasteiger charge is -2.31. The van der Waals surface area contributed by atoms with Crippen molar-refractivity contribution in [3.05, 3.63) is 47.9 Å². The van der Waals surface area contributed by atoms with Crippen LogP contribution in [0.15, 0.2) is 39.4 Å². The Morgan fingerprint density at radius 1 is 1.12 bits per heavy atom. The minimum atomic E-state index is -0.105. The number of ether oxygens (including phenoxy) is 1. The molecule has 0 spiro atoms. The Balaban J connectivity index is 1.52. The molecule has 1 unspecified atom stereocenters. The van der Waals surface area contributed by atoms with E-state index in [9.17, 15) is 0 Å². The predicted molar refractivity (Wildman–Crippen MR) is 82.7 cm³/mol. The van der Waals surface area contributed by atoms with Gasteiger partial charge in [-0.3, -0.25) is 4.90 Å². The van der Waals surface area contributed by atoms with Crippen molar-refractivity contribution >= 4 is 0 Å². The summed E-state index contributed by atoms with van der Waals surface area (Å²) in [5.74, 6) is 2.30. The van der Waals surface area contributed by atoms with E-state index in [0.717, 1.165) is 12.1 Å². The molecular weight excluding hydrogens is 310 g/mol. The number of aromatic nitrogens is 4. The maximum atomic E-state index is 5.55. The first kappa shape index (κ1) is 15.0. The molecule has 8 nitrogen and oxygen atoms in total. The van der Waals surface area contributed by atoms with Crippen LogP contribution >= 0.6 is 0 Å². The summed E-state index contributed by atoms with van der Waals surface area (Å²) >= 11 is 0. The number of aryl methyl sites for hydroxylation is 1. The SMILES string of the molecule is Cc1noc(C2COCCN2Cc2nc(-c3ccccc3)no2)n1. The van der Waals surface area contributed by atoms with Gasteiger partial charge in [0.2, 0.25) is 17.6 Å². The van der Waals surface area contributed by atoms with E-state index in [-0.39, 0.29) is 6.04 Å². The molecule has 0 bridgehead atoms. The highest BCUT2D eigenvalue weighted by Crippen LogP contribution is 2.25. The largest absolute Gasteiger partial charge is 0.378 e. The van der Waals surface area contributed by atoms with E-state index in [0.29, 0.717) is 43.2 Å². The molecule has 0 aliphatic carbocycles. The minimum absolute atomic E-state index is 0.105. The lowest BCUT2D eigenvalue weighted by Crippen LogP contribution is -2.39.